The second-order valence-corrected chi connectivity index (χ2v) is 10.7. The van der Waals surface area contributed by atoms with E-state index in [1.807, 2.05) is 59.8 Å². The molecule has 2 heterocycles. The Kier molecular flexibility index (Phi) is 6.15. The maximum Gasteiger partial charge on any atom is 0.239 e. The van der Waals surface area contributed by atoms with Gasteiger partial charge in [-0.3, -0.25) is 14.7 Å². The smallest absolute Gasteiger partial charge is 0.239 e. The first-order chi connectivity index (χ1) is 18.1. The van der Waals surface area contributed by atoms with Gasteiger partial charge in [-0.2, -0.15) is 0 Å². The van der Waals surface area contributed by atoms with Crippen molar-refractivity contribution < 1.29 is 4.79 Å². The fraction of sp³-hybridized carbons (Fsp3) is 0.156. The first-order valence-electron chi connectivity index (χ1n) is 12.5. The van der Waals surface area contributed by atoms with Crippen LogP contribution in [0.1, 0.15) is 29.3 Å². The van der Waals surface area contributed by atoms with Gasteiger partial charge in [-0.05, 0) is 64.9 Å². The number of carbonyl (C=O) groups is 1. The molecule has 0 unspecified atom stereocenters. The van der Waals surface area contributed by atoms with E-state index in [1.54, 1.807) is 0 Å². The minimum absolute atomic E-state index is 0.0949. The van der Waals surface area contributed by atoms with Gasteiger partial charge in [0.1, 0.15) is 0 Å². The molecular formula is C32H27N3OS. The van der Waals surface area contributed by atoms with E-state index >= 15 is 0 Å². The average molecular weight is 502 g/mol. The van der Waals surface area contributed by atoms with Crippen LogP contribution in [0.25, 0.3) is 11.1 Å². The average Bonchev–Trinajstić information content (AvgIpc) is 3.54. The summed E-state index contributed by atoms with van der Waals surface area (Å²) in [5.41, 5.74) is 7.34. The predicted molar refractivity (Wildman–Crippen MR) is 150 cm³/mol. The first-order valence-corrected chi connectivity index (χ1v) is 13.4. The van der Waals surface area contributed by atoms with Gasteiger partial charge in [-0.25, -0.2) is 4.98 Å². The van der Waals surface area contributed by atoms with Gasteiger partial charge in [-0.15, -0.1) is 11.3 Å². The standard InChI is InChI=1S/C32H27N3OS/c1-32(20-26-7-5-6-8-27(26)21-32)30(36)35(29-9-3-2-4-10-29)31-34-28(22-37-31)19-23-11-13-24(14-12-23)25-15-17-33-18-16-25/h2-18,22H,19-21H2,1H3. The molecule has 0 bridgehead atoms. The van der Waals surface area contributed by atoms with Crippen LogP contribution in [-0.4, -0.2) is 15.9 Å². The summed E-state index contributed by atoms with van der Waals surface area (Å²) in [6, 6.07) is 30.9. The number of hydrogen-bond donors (Lipinski definition) is 0. The third kappa shape index (κ3) is 4.70. The van der Waals surface area contributed by atoms with Gasteiger partial charge in [-0.1, -0.05) is 73.7 Å². The van der Waals surface area contributed by atoms with Crippen LogP contribution in [0.2, 0.25) is 0 Å². The number of fused-ring (bicyclic) bond motifs is 1. The van der Waals surface area contributed by atoms with Crippen molar-refractivity contribution in [2.24, 2.45) is 5.41 Å². The van der Waals surface area contributed by atoms with Gasteiger partial charge in [0.15, 0.2) is 5.13 Å². The maximum absolute atomic E-state index is 14.2. The van der Waals surface area contributed by atoms with Crippen LogP contribution in [0.15, 0.2) is 109 Å². The summed E-state index contributed by atoms with van der Waals surface area (Å²) in [7, 11) is 0. The van der Waals surface area contributed by atoms with E-state index in [2.05, 4.69) is 65.8 Å². The molecule has 5 aromatic rings. The Labute approximate surface area is 221 Å². The van der Waals surface area contributed by atoms with Gasteiger partial charge >= 0.3 is 0 Å². The van der Waals surface area contributed by atoms with E-state index in [4.69, 9.17) is 4.98 Å². The Morgan fingerprint density at radius 2 is 1.46 bits per heavy atom. The highest BCUT2D eigenvalue weighted by atomic mass is 32.1. The van der Waals surface area contributed by atoms with Crippen LogP contribution in [0.5, 0.6) is 0 Å². The van der Waals surface area contributed by atoms with E-state index < -0.39 is 5.41 Å². The normalized spacial score (nSPS) is 13.8. The van der Waals surface area contributed by atoms with Crippen molar-refractivity contribution >= 4 is 28.1 Å². The number of nitrogens with zero attached hydrogens (tertiary/aromatic N) is 3. The number of thiazole rings is 1. The highest BCUT2D eigenvalue weighted by molar-refractivity contribution is 7.14. The number of para-hydroxylation sites is 1. The number of anilines is 2. The number of carbonyl (C=O) groups excluding carboxylic acids is 1. The third-order valence-corrected chi connectivity index (χ3v) is 7.97. The molecule has 4 nitrogen and oxygen atoms in total. The summed E-state index contributed by atoms with van der Waals surface area (Å²) in [6.45, 7) is 2.09. The molecule has 5 heteroatoms. The number of pyridine rings is 1. The predicted octanol–water partition coefficient (Wildman–Crippen LogP) is 7.27. The lowest BCUT2D eigenvalue weighted by Crippen LogP contribution is -2.40. The zero-order valence-corrected chi connectivity index (χ0v) is 21.5. The van der Waals surface area contributed by atoms with E-state index in [-0.39, 0.29) is 5.91 Å². The monoisotopic (exact) mass is 501 g/mol. The number of aromatic nitrogens is 2. The van der Waals surface area contributed by atoms with Gasteiger partial charge in [0.2, 0.25) is 5.91 Å². The molecule has 0 aliphatic heterocycles. The van der Waals surface area contributed by atoms with Crippen molar-refractivity contribution in [2.75, 3.05) is 4.90 Å². The lowest BCUT2D eigenvalue weighted by Gasteiger charge is -2.30. The Hall–Kier alpha value is -4.09. The summed E-state index contributed by atoms with van der Waals surface area (Å²) in [4.78, 5) is 25.0. The van der Waals surface area contributed by atoms with E-state index in [9.17, 15) is 4.79 Å². The number of hydrogen-bond acceptors (Lipinski definition) is 4. The Balaban J connectivity index is 1.26. The van der Waals surface area contributed by atoms with Crippen LogP contribution < -0.4 is 4.90 Å². The van der Waals surface area contributed by atoms with Crippen molar-refractivity contribution in [2.45, 2.75) is 26.2 Å². The highest BCUT2D eigenvalue weighted by Crippen LogP contribution is 2.41. The molecule has 3 aromatic carbocycles. The van der Waals surface area contributed by atoms with Crippen molar-refractivity contribution in [1.29, 1.82) is 0 Å². The molecule has 0 spiro atoms. The van der Waals surface area contributed by atoms with Gasteiger partial charge in [0.05, 0.1) is 16.8 Å². The number of amides is 1. The molecule has 0 saturated carbocycles. The zero-order chi connectivity index (χ0) is 25.2. The molecular weight excluding hydrogens is 474 g/mol. The van der Waals surface area contributed by atoms with Gasteiger partial charge in [0, 0.05) is 24.2 Å². The molecule has 0 fully saturated rings. The summed E-state index contributed by atoms with van der Waals surface area (Å²) in [5.74, 6) is 0.0949. The third-order valence-electron chi connectivity index (χ3n) is 7.10. The van der Waals surface area contributed by atoms with Crippen LogP contribution >= 0.6 is 11.3 Å². The molecule has 0 radical (unpaired) electrons. The summed E-state index contributed by atoms with van der Waals surface area (Å²) < 4.78 is 0. The van der Waals surface area contributed by atoms with Crippen LogP contribution in [-0.2, 0) is 24.1 Å². The summed E-state index contributed by atoms with van der Waals surface area (Å²) in [5, 5.41) is 2.79. The van der Waals surface area contributed by atoms with E-state index in [0.717, 1.165) is 40.5 Å². The lowest BCUT2D eigenvalue weighted by molar-refractivity contribution is -0.126. The van der Waals surface area contributed by atoms with Gasteiger partial charge in [0.25, 0.3) is 0 Å². The molecule has 0 N–H and O–H groups in total. The first kappa shape index (κ1) is 23.3. The molecule has 37 heavy (non-hydrogen) atoms. The Morgan fingerprint density at radius 3 is 2.14 bits per heavy atom. The zero-order valence-electron chi connectivity index (χ0n) is 20.7. The van der Waals surface area contributed by atoms with Crippen LogP contribution in [0, 0.1) is 5.41 Å². The largest absolute Gasteiger partial charge is 0.273 e. The molecule has 2 aromatic heterocycles. The number of benzene rings is 3. The SMILES string of the molecule is CC1(C(=O)N(c2ccccc2)c2nc(Cc3ccc(-c4ccncc4)cc3)cs2)Cc2ccccc2C1. The van der Waals surface area contributed by atoms with Crippen LogP contribution in [0.4, 0.5) is 10.8 Å². The Bertz CT molecular complexity index is 1500. The maximum atomic E-state index is 14.2. The lowest BCUT2D eigenvalue weighted by atomic mass is 9.85. The molecule has 0 saturated heterocycles. The minimum atomic E-state index is -0.506. The summed E-state index contributed by atoms with van der Waals surface area (Å²) >= 11 is 1.53. The van der Waals surface area contributed by atoms with E-state index in [1.165, 1.54) is 28.0 Å². The topological polar surface area (TPSA) is 46.1 Å². The van der Waals surface area contributed by atoms with Crippen molar-refractivity contribution in [3.8, 4) is 11.1 Å². The van der Waals surface area contributed by atoms with Crippen molar-refractivity contribution in [3.05, 3.63) is 131 Å². The molecule has 1 aliphatic carbocycles. The van der Waals surface area contributed by atoms with Crippen molar-refractivity contribution in [1.82, 2.24) is 9.97 Å². The second kappa shape index (κ2) is 9.75. The van der Waals surface area contributed by atoms with Crippen molar-refractivity contribution in [3.63, 3.8) is 0 Å². The fourth-order valence-electron chi connectivity index (χ4n) is 5.17. The van der Waals surface area contributed by atoms with Gasteiger partial charge < -0.3 is 0 Å². The quantitative estimate of drug-likeness (QED) is 0.246. The molecule has 0 atom stereocenters. The van der Waals surface area contributed by atoms with E-state index in [0.29, 0.717) is 6.42 Å². The Morgan fingerprint density at radius 1 is 0.838 bits per heavy atom. The summed E-state index contributed by atoms with van der Waals surface area (Å²) in [6.07, 6.45) is 5.82. The second-order valence-electron chi connectivity index (χ2n) is 9.89. The van der Waals surface area contributed by atoms with Crippen LogP contribution in [0.3, 0.4) is 0 Å². The molecule has 182 valence electrons. The molecule has 1 amide bonds. The molecule has 1 aliphatic rings. The molecule has 6 rings (SSSR count). The fourth-order valence-corrected chi connectivity index (χ4v) is 6.01. The minimum Gasteiger partial charge on any atom is -0.273 e. The number of rotatable bonds is 6. The highest BCUT2D eigenvalue weighted by Gasteiger charge is 2.43.